The van der Waals surface area contributed by atoms with E-state index in [1.165, 1.54) is 0 Å². The van der Waals surface area contributed by atoms with Gasteiger partial charge in [-0.3, -0.25) is 4.79 Å². The maximum atomic E-state index is 11.2. The molecular weight excluding hydrogens is 228 g/mol. The number of rotatable bonds is 3. The maximum absolute atomic E-state index is 11.2. The van der Waals surface area contributed by atoms with Crippen molar-refractivity contribution < 1.29 is 14.4 Å². The number of allylic oxidation sites excluding steroid dienone is 6. The van der Waals surface area contributed by atoms with Crippen LogP contribution in [-0.2, 0) is 14.4 Å². The molecule has 0 aromatic heterocycles. The van der Waals surface area contributed by atoms with Crippen LogP contribution in [-0.4, -0.2) is 18.9 Å². The number of hydrogen-bond donors (Lipinski definition) is 0. The molecule has 0 unspecified atom stereocenters. The first-order valence-electron chi connectivity index (χ1n) is 6.21. The van der Waals surface area contributed by atoms with Crippen molar-refractivity contribution in [1.29, 1.82) is 0 Å². The minimum Gasteiger partial charge on any atom is -0.302 e. The molecule has 0 aliphatic heterocycles. The molecule has 0 amide bonds. The molecule has 0 heterocycles. The Morgan fingerprint density at radius 1 is 0.944 bits per heavy atom. The van der Waals surface area contributed by atoms with Crippen molar-refractivity contribution in [2.45, 2.75) is 32.1 Å². The Hall–Kier alpha value is -1.77. The highest BCUT2D eigenvalue weighted by Gasteiger charge is 2.33. The van der Waals surface area contributed by atoms with Gasteiger partial charge in [0.2, 0.25) is 0 Å². The summed E-state index contributed by atoms with van der Waals surface area (Å²) in [6.07, 6.45) is 14.9. The van der Waals surface area contributed by atoms with Crippen LogP contribution in [0.1, 0.15) is 32.1 Å². The Kier molecular flexibility index (Phi) is 5.98. The highest BCUT2D eigenvalue weighted by molar-refractivity contribution is 5.97. The zero-order valence-electron chi connectivity index (χ0n) is 10.4. The third-order valence-corrected chi connectivity index (χ3v) is 3.18. The highest BCUT2D eigenvalue weighted by Crippen LogP contribution is 2.28. The van der Waals surface area contributed by atoms with Gasteiger partial charge in [0.1, 0.15) is 24.3 Å². The van der Waals surface area contributed by atoms with E-state index in [0.717, 1.165) is 25.7 Å². The van der Waals surface area contributed by atoms with Crippen LogP contribution in [0.3, 0.4) is 0 Å². The van der Waals surface area contributed by atoms with Gasteiger partial charge in [-0.1, -0.05) is 43.2 Å². The molecule has 0 spiro atoms. The molecule has 0 saturated heterocycles. The van der Waals surface area contributed by atoms with Crippen LogP contribution in [0.5, 0.6) is 0 Å². The number of carbonyl (C=O) groups excluding carboxylic acids is 3. The monoisotopic (exact) mass is 246 g/mol. The van der Waals surface area contributed by atoms with Gasteiger partial charge in [-0.2, -0.15) is 0 Å². The van der Waals surface area contributed by atoms with Crippen molar-refractivity contribution in [3.05, 3.63) is 36.0 Å². The second-order valence-corrected chi connectivity index (χ2v) is 4.43. The van der Waals surface area contributed by atoms with Gasteiger partial charge in [0.25, 0.3) is 0 Å². The fourth-order valence-corrected chi connectivity index (χ4v) is 1.98. The summed E-state index contributed by atoms with van der Waals surface area (Å²) in [6.45, 7) is 0. The van der Waals surface area contributed by atoms with Gasteiger partial charge in [0.15, 0.2) is 0 Å². The van der Waals surface area contributed by atoms with Crippen LogP contribution < -0.4 is 0 Å². The van der Waals surface area contributed by atoms with Gasteiger partial charge >= 0.3 is 0 Å². The van der Waals surface area contributed by atoms with Gasteiger partial charge in [0.05, 0.1) is 0 Å². The molecule has 0 aromatic rings. The van der Waals surface area contributed by atoms with Gasteiger partial charge in [-0.05, 0) is 19.3 Å². The quantitative estimate of drug-likeness (QED) is 0.568. The average molecular weight is 246 g/mol. The Balaban J connectivity index is 3.08. The molecule has 0 saturated carbocycles. The lowest BCUT2D eigenvalue weighted by atomic mass is 9.78. The minimum atomic E-state index is -1.27. The summed E-state index contributed by atoms with van der Waals surface area (Å²) < 4.78 is 0. The predicted octanol–water partition coefficient (Wildman–Crippen LogP) is 2.57. The zero-order chi connectivity index (χ0) is 13.3. The van der Waals surface area contributed by atoms with E-state index < -0.39 is 5.41 Å². The molecule has 0 aromatic carbocycles. The summed E-state index contributed by atoms with van der Waals surface area (Å²) >= 11 is 0. The fraction of sp³-hybridized carbons (Fsp3) is 0.400. The van der Waals surface area contributed by atoms with E-state index in [9.17, 15) is 14.4 Å². The van der Waals surface area contributed by atoms with E-state index in [2.05, 4.69) is 6.08 Å². The van der Waals surface area contributed by atoms with Crippen molar-refractivity contribution >= 4 is 18.9 Å². The van der Waals surface area contributed by atoms with Gasteiger partial charge in [-0.15, -0.1) is 0 Å². The summed E-state index contributed by atoms with van der Waals surface area (Å²) in [5.74, 6) is 0. The molecule has 0 fully saturated rings. The van der Waals surface area contributed by atoms with E-state index in [0.29, 0.717) is 25.3 Å². The molecule has 0 bridgehead atoms. The normalized spacial score (nSPS) is 26.6. The van der Waals surface area contributed by atoms with Gasteiger partial charge in [0, 0.05) is 5.57 Å². The molecule has 0 atom stereocenters. The maximum Gasteiger partial charge on any atom is 0.147 e. The van der Waals surface area contributed by atoms with Crippen molar-refractivity contribution in [3.8, 4) is 0 Å². The largest absolute Gasteiger partial charge is 0.302 e. The van der Waals surface area contributed by atoms with Crippen molar-refractivity contribution in [2.75, 3.05) is 0 Å². The summed E-state index contributed by atoms with van der Waals surface area (Å²) in [7, 11) is 0. The molecule has 3 heteroatoms. The third-order valence-electron chi connectivity index (χ3n) is 3.18. The first-order valence-corrected chi connectivity index (χ1v) is 6.21. The zero-order valence-corrected chi connectivity index (χ0v) is 10.4. The van der Waals surface area contributed by atoms with E-state index in [-0.39, 0.29) is 5.57 Å². The van der Waals surface area contributed by atoms with Crippen LogP contribution >= 0.6 is 0 Å². The molecule has 18 heavy (non-hydrogen) atoms. The molecule has 1 aliphatic carbocycles. The lowest BCUT2D eigenvalue weighted by Crippen LogP contribution is -2.28. The first kappa shape index (κ1) is 14.3. The molecule has 96 valence electrons. The summed E-state index contributed by atoms with van der Waals surface area (Å²) in [6, 6.07) is 0. The lowest BCUT2D eigenvalue weighted by molar-refractivity contribution is -0.126. The fourth-order valence-electron chi connectivity index (χ4n) is 1.98. The molecule has 1 aliphatic rings. The Morgan fingerprint density at radius 3 is 2.39 bits per heavy atom. The first-order chi connectivity index (χ1) is 8.79. The van der Waals surface area contributed by atoms with Crippen LogP contribution in [0, 0.1) is 5.41 Å². The van der Waals surface area contributed by atoms with Crippen LogP contribution in [0.25, 0.3) is 0 Å². The lowest BCUT2D eigenvalue weighted by Gasteiger charge is -2.21. The van der Waals surface area contributed by atoms with E-state index in [1.807, 2.05) is 6.08 Å². The summed E-state index contributed by atoms with van der Waals surface area (Å²) in [5.41, 5.74) is -1.03. The standard InChI is InChI=1S/C15H18O3/c16-11-14-9-7-5-3-1-2-4-6-8-10-15(14,12-17)13-18/h1,3,5,7,9,11-13H,2,4,6,8,10H2/b3-1-,7-5-,14-9-. The number of carbonyl (C=O) groups is 3. The van der Waals surface area contributed by atoms with E-state index in [4.69, 9.17) is 0 Å². The SMILES string of the molecule is O=C/C1=C/C=C\C=C/CCCCCC1(C=O)C=O. The predicted molar refractivity (Wildman–Crippen MR) is 70.1 cm³/mol. The smallest absolute Gasteiger partial charge is 0.147 e. The Bertz CT molecular complexity index is 381. The summed E-state index contributed by atoms with van der Waals surface area (Å²) in [4.78, 5) is 33.5. The third kappa shape index (κ3) is 3.62. The van der Waals surface area contributed by atoms with Crippen LogP contribution in [0.2, 0.25) is 0 Å². The molecule has 0 N–H and O–H groups in total. The minimum absolute atomic E-state index is 0.234. The topological polar surface area (TPSA) is 51.2 Å². The van der Waals surface area contributed by atoms with Gasteiger partial charge < -0.3 is 9.59 Å². The molecular formula is C15H18O3. The summed E-state index contributed by atoms with van der Waals surface area (Å²) in [5, 5.41) is 0. The van der Waals surface area contributed by atoms with Crippen molar-refractivity contribution in [3.63, 3.8) is 0 Å². The number of aldehydes is 3. The second kappa shape index (κ2) is 7.54. The Morgan fingerprint density at radius 2 is 1.72 bits per heavy atom. The van der Waals surface area contributed by atoms with Crippen molar-refractivity contribution in [1.82, 2.24) is 0 Å². The van der Waals surface area contributed by atoms with Gasteiger partial charge in [-0.25, -0.2) is 0 Å². The van der Waals surface area contributed by atoms with E-state index in [1.54, 1.807) is 18.2 Å². The molecule has 0 radical (unpaired) electrons. The highest BCUT2D eigenvalue weighted by atomic mass is 16.1. The number of hydrogen-bond acceptors (Lipinski definition) is 3. The average Bonchev–Trinajstić information content (AvgIpc) is 2.40. The second-order valence-electron chi connectivity index (χ2n) is 4.43. The van der Waals surface area contributed by atoms with Crippen LogP contribution in [0.15, 0.2) is 36.0 Å². The van der Waals surface area contributed by atoms with E-state index >= 15 is 0 Å². The molecule has 1 rings (SSSR count). The van der Waals surface area contributed by atoms with Crippen molar-refractivity contribution in [2.24, 2.45) is 5.41 Å². The molecule has 3 nitrogen and oxygen atoms in total. The van der Waals surface area contributed by atoms with Crippen LogP contribution in [0.4, 0.5) is 0 Å². The Labute approximate surface area is 107 Å².